The van der Waals surface area contributed by atoms with Gasteiger partial charge in [0, 0.05) is 32.6 Å². The number of carbonyl (C=O) groups is 2. The number of nitrogens with zero attached hydrogens (tertiary/aromatic N) is 2. The van der Waals surface area contributed by atoms with Crippen LogP contribution >= 0.6 is 0 Å². The predicted molar refractivity (Wildman–Crippen MR) is 120 cm³/mol. The first-order valence-electron chi connectivity index (χ1n) is 12.2. The Morgan fingerprint density at radius 2 is 1.67 bits per heavy atom. The Morgan fingerprint density at radius 1 is 1.00 bits per heavy atom. The SMILES string of the molecule is O=C1CCC2(CN(C(=O)N3CCCCC(CCc4ccc(CC(F)(F)F)cc4)CCC3)C2)N1. The van der Waals surface area contributed by atoms with Crippen molar-refractivity contribution in [2.45, 2.75) is 75.9 Å². The number of likely N-dealkylation sites (tertiary alicyclic amines) is 1. The number of carbonyl (C=O) groups excluding carboxylic acids is 2. The summed E-state index contributed by atoms with van der Waals surface area (Å²) >= 11 is 0. The first kappa shape index (κ1) is 23.9. The number of benzene rings is 1. The molecular formula is C25H34F3N3O2. The van der Waals surface area contributed by atoms with Gasteiger partial charge in [-0.05, 0) is 55.6 Å². The van der Waals surface area contributed by atoms with E-state index in [4.69, 9.17) is 0 Å². The Labute approximate surface area is 193 Å². The molecule has 3 aliphatic heterocycles. The predicted octanol–water partition coefficient (Wildman–Crippen LogP) is 4.69. The summed E-state index contributed by atoms with van der Waals surface area (Å²) in [5.41, 5.74) is 1.22. The van der Waals surface area contributed by atoms with E-state index in [0.29, 0.717) is 31.0 Å². The molecule has 3 amide bonds. The first-order valence-corrected chi connectivity index (χ1v) is 12.2. The summed E-state index contributed by atoms with van der Waals surface area (Å²) in [6, 6.07) is 6.92. The van der Waals surface area contributed by atoms with Crippen molar-refractivity contribution in [3.05, 3.63) is 35.4 Å². The number of aryl methyl sites for hydroxylation is 1. The Kier molecular flexibility index (Phi) is 7.19. The van der Waals surface area contributed by atoms with Crippen LogP contribution in [0.2, 0.25) is 0 Å². The van der Waals surface area contributed by atoms with Crippen molar-refractivity contribution < 1.29 is 22.8 Å². The van der Waals surface area contributed by atoms with Gasteiger partial charge in [-0.2, -0.15) is 13.2 Å². The van der Waals surface area contributed by atoms with Crippen molar-refractivity contribution in [1.82, 2.24) is 15.1 Å². The van der Waals surface area contributed by atoms with Crippen LogP contribution in [0.4, 0.5) is 18.0 Å². The van der Waals surface area contributed by atoms with Crippen LogP contribution in [-0.4, -0.2) is 59.6 Å². The number of hydrogen-bond donors (Lipinski definition) is 1. The maximum Gasteiger partial charge on any atom is 0.393 e. The molecule has 3 heterocycles. The fourth-order valence-electron chi connectivity index (χ4n) is 5.50. The average molecular weight is 466 g/mol. The van der Waals surface area contributed by atoms with E-state index < -0.39 is 12.6 Å². The van der Waals surface area contributed by atoms with E-state index in [1.165, 1.54) is 0 Å². The molecule has 5 nitrogen and oxygen atoms in total. The molecule has 0 saturated carbocycles. The molecule has 1 unspecified atom stereocenters. The van der Waals surface area contributed by atoms with Crippen molar-refractivity contribution >= 4 is 11.9 Å². The minimum atomic E-state index is -4.17. The molecule has 3 aliphatic rings. The molecule has 1 aromatic rings. The zero-order valence-electron chi connectivity index (χ0n) is 19.1. The highest BCUT2D eigenvalue weighted by molar-refractivity contribution is 5.82. The quantitative estimate of drug-likeness (QED) is 0.701. The normalized spacial score (nSPS) is 23.5. The van der Waals surface area contributed by atoms with Crippen LogP contribution in [0.1, 0.15) is 62.5 Å². The summed E-state index contributed by atoms with van der Waals surface area (Å²) in [5.74, 6) is 0.670. The van der Waals surface area contributed by atoms with Crippen LogP contribution in [0.15, 0.2) is 24.3 Å². The van der Waals surface area contributed by atoms with Crippen molar-refractivity contribution in [3.63, 3.8) is 0 Å². The van der Waals surface area contributed by atoms with E-state index in [-0.39, 0.29) is 17.5 Å². The molecule has 0 aliphatic carbocycles. The van der Waals surface area contributed by atoms with Crippen molar-refractivity contribution in [2.75, 3.05) is 26.2 Å². The Morgan fingerprint density at radius 3 is 2.33 bits per heavy atom. The Hall–Kier alpha value is -2.25. The maximum absolute atomic E-state index is 13.0. The first-order chi connectivity index (χ1) is 15.7. The van der Waals surface area contributed by atoms with Crippen LogP contribution in [0.3, 0.4) is 0 Å². The lowest BCUT2D eigenvalue weighted by Gasteiger charge is -2.49. The molecule has 3 fully saturated rings. The number of nitrogens with one attached hydrogen (secondary N) is 1. The molecule has 8 heteroatoms. The van der Waals surface area contributed by atoms with Gasteiger partial charge in [0.05, 0.1) is 12.0 Å². The largest absolute Gasteiger partial charge is 0.393 e. The van der Waals surface area contributed by atoms with E-state index in [1.807, 2.05) is 21.9 Å². The number of urea groups is 1. The highest BCUT2D eigenvalue weighted by Crippen LogP contribution is 2.32. The number of alkyl halides is 3. The maximum atomic E-state index is 13.0. The van der Waals surface area contributed by atoms with Gasteiger partial charge in [-0.15, -0.1) is 0 Å². The monoisotopic (exact) mass is 465 g/mol. The van der Waals surface area contributed by atoms with Crippen molar-refractivity contribution in [2.24, 2.45) is 5.92 Å². The van der Waals surface area contributed by atoms with Gasteiger partial charge in [0.15, 0.2) is 0 Å². The number of rotatable bonds is 4. The molecule has 1 N–H and O–H groups in total. The second-order valence-corrected chi connectivity index (χ2v) is 10.1. The lowest BCUT2D eigenvalue weighted by Crippen LogP contribution is -2.70. The summed E-state index contributed by atoms with van der Waals surface area (Å²) in [4.78, 5) is 28.3. The van der Waals surface area contributed by atoms with Gasteiger partial charge in [0.25, 0.3) is 0 Å². The van der Waals surface area contributed by atoms with Crippen LogP contribution in [0.5, 0.6) is 0 Å². The summed E-state index contributed by atoms with van der Waals surface area (Å²) in [6.45, 7) is 2.79. The van der Waals surface area contributed by atoms with E-state index in [1.54, 1.807) is 12.1 Å². The van der Waals surface area contributed by atoms with E-state index in [2.05, 4.69) is 5.32 Å². The molecule has 3 saturated heterocycles. The highest BCUT2D eigenvalue weighted by atomic mass is 19.4. The van der Waals surface area contributed by atoms with Crippen LogP contribution < -0.4 is 5.32 Å². The molecule has 33 heavy (non-hydrogen) atoms. The topological polar surface area (TPSA) is 52.7 Å². The van der Waals surface area contributed by atoms with Gasteiger partial charge < -0.3 is 15.1 Å². The third-order valence-corrected chi connectivity index (χ3v) is 7.36. The van der Waals surface area contributed by atoms with E-state index >= 15 is 0 Å². The van der Waals surface area contributed by atoms with Crippen molar-refractivity contribution in [3.8, 4) is 0 Å². The molecular weight excluding hydrogens is 431 g/mol. The summed E-state index contributed by atoms with van der Waals surface area (Å²) < 4.78 is 37.6. The van der Waals surface area contributed by atoms with E-state index in [0.717, 1.165) is 70.0 Å². The zero-order chi connectivity index (χ0) is 23.5. The summed E-state index contributed by atoms with van der Waals surface area (Å²) in [5, 5.41) is 3.03. The van der Waals surface area contributed by atoms with Gasteiger partial charge in [0.2, 0.25) is 5.91 Å². The molecule has 4 rings (SSSR count). The van der Waals surface area contributed by atoms with Gasteiger partial charge in [-0.1, -0.05) is 37.1 Å². The van der Waals surface area contributed by atoms with Gasteiger partial charge in [0.1, 0.15) is 0 Å². The molecule has 182 valence electrons. The van der Waals surface area contributed by atoms with Crippen LogP contribution in [-0.2, 0) is 17.6 Å². The lowest BCUT2D eigenvalue weighted by atomic mass is 9.88. The molecule has 1 aromatic carbocycles. The summed E-state index contributed by atoms with van der Waals surface area (Å²) in [6.07, 6.45) is 3.48. The fraction of sp³-hybridized carbons (Fsp3) is 0.680. The average Bonchev–Trinajstić information content (AvgIpc) is 3.17. The van der Waals surface area contributed by atoms with Gasteiger partial charge in [-0.3, -0.25) is 4.79 Å². The Bertz CT molecular complexity index is 834. The molecule has 0 aromatic heterocycles. The third-order valence-electron chi connectivity index (χ3n) is 7.36. The van der Waals surface area contributed by atoms with Crippen LogP contribution in [0.25, 0.3) is 0 Å². The second-order valence-electron chi connectivity index (χ2n) is 10.1. The molecule has 1 atom stereocenters. The standard InChI is InChI=1S/C25H34F3N3O2/c26-25(27,28)16-21-10-8-20(9-11-21)7-6-19-4-1-2-14-30(15-3-5-19)23(33)31-17-24(18-31)13-12-22(32)29-24/h8-11,19H,1-7,12-18H2,(H,29,32). The molecule has 0 bridgehead atoms. The van der Waals surface area contributed by atoms with Gasteiger partial charge in [-0.25, -0.2) is 4.79 Å². The van der Waals surface area contributed by atoms with Gasteiger partial charge >= 0.3 is 12.2 Å². The smallest absolute Gasteiger partial charge is 0.347 e. The van der Waals surface area contributed by atoms with Crippen LogP contribution in [0, 0.1) is 5.92 Å². The number of amides is 3. The molecule has 0 radical (unpaired) electrons. The highest BCUT2D eigenvalue weighted by Gasteiger charge is 2.50. The number of halogens is 3. The Balaban J connectivity index is 1.21. The third kappa shape index (κ3) is 6.42. The summed E-state index contributed by atoms with van der Waals surface area (Å²) in [7, 11) is 0. The zero-order valence-corrected chi connectivity index (χ0v) is 19.1. The minimum absolute atomic E-state index is 0.0909. The van der Waals surface area contributed by atoms with Crippen molar-refractivity contribution in [1.29, 1.82) is 0 Å². The number of hydrogen-bond acceptors (Lipinski definition) is 2. The second kappa shape index (κ2) is 9.94. The lowest BCUT2D eigenvalue weighted by molar-refractivity contribution is -0.127. The minimum Gasteiger partial charge on any atom is -0.347 e. The van der Waals surface area contributed by atoms with E-state index in [9.17, 15) is 22.8 Å². The molecule has 1 spiro atoms. The fourth-order valence-corrected chi connectivity index (χ4v) is 5.50.